The first kappa shape index (κ1) is 20.0. The molecule has 0 N–H and O–H groups in total. The lowest BCUT2D eigenvalue weighted by atomic mass is 9.98. The van der Waals surface area contributed by atoms with Crippen molar-refractivity contribution >= 4 is 5.78 Å². The van der Waals surface area contributed by atoms with Gasteiger partial charge in [-0.15, -0.1) is 0 Å². The molecule has 0 aromatic heterocycles. The third kappa shape index (κ3) is 7.47. The Morgan fingerprint density at radius 1 is 1.25 bits per heavy atom. The summed E-state index contributed by atoms with van der Waals surface area (Å²) >= 11 is 0. The van der Waals surface area contributed by atoms with Crippen LogP contribution < -0.4 is 0 Å². The van der Waals surface area contributed by atoms with Gasteiger partial charge in [-0.1, -0.05) is 30.0 Å². The minimum atomic E-state index is -4.45. The van der Waals surface area contributed by atoms with E-state index in [1.165, 1.54) is 12.1 Å². The Hall–Kier alpha value is -2.06. The van der Waals surface area contributed by atoms with Gasteiger partial charge >= 0.3 is 6.18 Å². The summed E-state index contributed by atoms with van der Waals surface area (Å²) in [7, 11) is 1.73. The van der Waals surface area contributed by atoms with Gasteiger partial charge in [-0.05, 0) is 46.0 Å². The lowest BCUT2D eigenvalue weighted by Gasteiger charge is -2.14. The number of hydrogen-bond acceptors (Lipinski definition) is 2. The molecule has 0 atom stereocenters. The van der Waals surface area contributed by atoms with Crippen LogP contribution in [0.15, 0.2) is 36.4 Å². The lowest BCUT2D eigenvalue weighted by molar-refractivity contribution is -0.137. The highest BCUT2D eigenvalue weighted by Crippen LogP contribution is 2.29. The maximum atomic E-state index is 12.7. The summed E-state index contributed by atoms with van der Waals surface area (Å²) in [4.78, 5) is 13.8. The molecule has 0 radical (unpaired) electrons. The molecule has 24 heavy (non-hydrogen) atoms. The van der Waals surface area contributed by atoms with Gasteiger partial charge in [0.15, 0.2) is 5.78 Å². The Bertz CT molecular complexity index is 658. The van der Waals surface area contributed by atoms with Crippen molar-refractivity contribution in [1.29, 1.82) is 0 Å². The van der Waals surface area contributed by atoms with Crippen molar-refractivity contribution in [3.05, 3.63) is 47.5 Å². The monoisotopic (exact) mass is 337 g/mol. The number of likely N-dealkylation sites (N-methyl/N-ethyl adjacent to an activating group) is 1. The van der Waals surface area contributed by atoms with Gasteiger partial charge in [0.1, 0.15) is 0 Å². The SMILES string of the molecule is CN(C/C=C/C#CC(C)(C)C)CC(=O)c1cccc(C(F)(F)F)c1. The van der Waals surface area contributed by atoms with Crippen LogP contribution in [0.3, 0.4) is 0 Å². The van der Waals surface area contributed by atoms with Crippen LogP contribution in [-0.4, -0.2) is 30.8 Å². The number of carbonyl (C=O) groups excluding carboxylic acids is 1. The number of hydrogen-bond donors (Lipinski definition) is 0. The highest BCUT2D eigenvalue weighted by molar-refractivity contribution is 5.97. The molecule has 1 aromatic rings. The van der Waals surface area contributed by atoms with Crippen molar-refractivity contribution in [2.45, 2.75) is 26.9 Å². The first-order valence-corrected chi connectivity index (χ1v) is 7.56. The zero-order valence-electron chi connectivity index (χ0n) is 14.4. The summed E-state index contributed by atoms with van der Waals surface area (Å²) in [5, 5.41) is 0. The standard InChI is InChI=1S/C19H22F3NO/c1-18(2,3)11-6-5-7-12-23(4)14-17(24)15-9-8-10-16(13-15)19(20,21)22/h5,7-10,13H,12,14H2,1-4H3/b7-5+. The number of alkyl halides is 3. The second-order valence-corrected chi connectivity index (χ2v) is 6.62. The Balaban J connectivity index is 2.61. The van der Waals surface area contributed by atoms with E-state index in [1.807, 2.05) is 26.8 Å². The Morgan fingerprint density at radius 3 is 2.50 bits per heavy atom. The fourth-order valence-corrected chi connectivity index (χ4v) is 1.82. The van der Waals surface area contributed by atoms with E-state index in [2.05, 4.69) is 11.8 Å². The van der Waals surface area contributed by atoms with E-state index in [0.717, 1.165) is 12.1 Å². The van der Waals surface area contributed by atoms with E-state index in [-0.39, 0.29) is 23.3 Å². The predicted molar refractivity (Wildman–Crippen MR) is 89.6 cm³/mol. The van der Waals surface area contributed by atoms with Gasteiger partial charge in [0.2, 0.25) is 0 Å². The van der Waals surface area contributed by atoms with Crippen molar-refractivity contribution in [1.82, 2.24) is 4.90 Å². The molecule has 0 bridgehead atoms. The molecular formula is C19H22F3NO. The number of benzene rings is 1. The molecule has 2 nitrogen and oxygen atoms in total. The molecule has 0 aliphatic heterocycles. The molecule has 130 valence electrons. The summed E-state index contributed by atoms with van der Waals surface area (Å²) < 4.78 is 38.0. The van der Waals surface area contributed by atoms with Gasteiger partial charge in [0.05, 0.1) is 12.1 Å². The first-order chi connectivity index (χ1) is 11.0. The number of rotatable bonds is 5. The molecule has 0 unspecified atom stereocenters. The number of ketones is 1. The van der Waals surface area contributed by atoms with Gasteiger partial charge < -0.3 is 0 Å². The van der Waals surface area contributed by atoms with Crippen molar-refractivity contribution in [3.8, 4) is 11.8 Å². The fourth-order valence-electron chi connectivity index (χ4n) is 1.82. The van der Waals surface area contributed by atoms with Crippen LogP contribution in [0.5, 0.6) is 0 Å². The van der Waals surface area contributed by atoms with Gasteiger partial charge in [-0.2, -0.15) is 13.2 Å². The lowest BCUT2D eigenvalue weighted by Crippen LogP contribution is -2.26. The van der Waals surface area contributed by atoms with Gasteiger partial charge in [-0.3, -0.25) is 9.69 Å². The molecule has 0 spiro atoms. The summed E-state index contributed by atoms with van der Waals surface area (Å²) in [6.07, 6.45) is -0.911. The number of carbonyl (C=O) groups is 1. The van der Waals surface area contributed by atoms with Crippen molar-refractivity contribution < 1.29 is 18.0 Å². The topological polar surface area (TPSA) is 20.3 Å². The van der Waals surface area contributed by atoms with E-state index < -0.39 is 11.7 Å². The average Bonchev–Trinajstić information content (AvgIpc) is 2.45. The summed E-state index contributed by atoms with van der Waals surface area (Å²) in [6.45, 7) is 6.55. The maximum Gasteiger partial charge on any atom is 0.416 e. The molecule has 0 aliphatic carbocycles. The predicted octanol–water partition coefficient (Wildman–Crippen LogP) is 4.43. The summed E-state index contributed by atoms with van der Waals surface area (Å²) in [5.74, 6) is 5.63. The van der Waals surface area contributed by atoms with Crippen LogP contribution in [-0.2, 0) is 6.18 Å². The zero-order chi connectivity index (χ0) is 18.4. The van der Waals surface area contributed by atoms with Crippen LogP contribution in [0.1, 0.15) is 36.7 Å². The minimum absolute atomic E-state index is 0.0400. The Morgan fingerprint density at radius 2 is 1.92 bits per heavy atom. The second kappa shape index (κ2) is 8.16. The highest BCUT2D eigenvalue weighted by Gasteiger charge is 2.30. The highest BCUT2D eigenvalue weighted by atomic mass is 19.4. The van der Waals surface area contributed by atoms with Crippen LogP contribution in [0.2, 0.25) is 0 Å². The molecule has 0 saturated carbocycles. The van der Waals surface area contributed by atoms with Gasteiger partial charge in [0, 0.05) is 17.5 Å². The smallest absolute Gasteiger partial charge is 0.295 e. The molecule has 1 aromatic carbocycles. The van der Waals surface area contributed by atoms with Crippen molar-refractivity contribution in [3.63, 3.8) is 0 Å². The third-order valence-corrected chi connectivity index (χ3v) is 2.99. The van der Waals surface area contributed by atoms with E-state index in [4.69, 9.17) is 0 Å². The van der Waals surface area contributed by atoms with Gasteiger partial charge in [0.25, 0.3) is 0 Å². The molecule has 1 rings (SSSR count). The van der Waals surface area contributed by atoms with Crippen LogP contribution in [0.4, 0.5) is 13.2 Å². The summed E-state index contributed by atoms with van der Waals surface area (Å²) in [5.41, 5.74) is -0.822. The van der Waals surface area contributed by atoms with E-state index >= 15 is 0 Å². The van der Waals surface area contributed by atoms with Gasteiger partial charge in [-0.25, -0.2) is 0 Å². The van der Waals surface area contributed by atoms with E-state index in [9.17, 15) is 18.0 Å². The van der Waals surface area contributed by atoms with Crippen molar-refractivity contribution in [2.24, 2.45) is 5.41 Å². The molecule has 0 fully saturated rings. The van der Waals surface area contributed by atoms with E-state index in [0.29, 0.717) is 6.54 Å². The quantitative estimate of drug-likeness (QED) is 0.585. The molecule has 0 heterocycles. The average molecular weight is 337 g/mol. The number of halogens is 3. The molecule has 0 aliphatic rings. The zero-order valence-corrected chi connectivity index (χ0v) is 14.4. The molecule has 0 amide bonds. The number of nitrogens with zero attached hydrogens (tertiary/aromatic N) is 1. The number of allylic oxidation sites excluding steroid dienone is 1. The van der Waals surface area contributed by atoms with Crippen LogP contribution in [0.25, 0.3) is 0 Å². The van der Waals surface area contributed by atoms with Crippen molar-refractivity contribution in [2.75, 3.05) is 20.1 Å². The Labute approximate surface area is 141 Å². The number of Topliss-reactive ketones (excluding diaryl/α,β-unsaturated/α-hetero) is 1. The third-order valence-electron chi connectivity index (χ3n) is 2.99. The molecular weight excluding hydrogens is 315 g/mol. The largest absolute Gasteiger partial charge is 0.416 e. The fraction of sp³-hybridized carbons (Fsp3) is 0.421. The Kier molecular flexibility index (Phi) is 6.80. The van der Waals surface area contributed by atoms with E-state index in [1.54, 1.807) is 18.0 Å². The normalized spacial score (nSPS) is 12.3. The molecule has 0 saturated heterocycles. The summed E-state index contributed by atoms with van der Waals surface area (Å²) in [6, 6.07) is 4.49. The van der Waals surface area contributed by atoms with Crippen LogP contribution >= 0.6 is 0 Å². The molecule has 5 heteroatoms. The maximum absolute atomic E-state index is 12.7. The minimum Gasteiger partial charge on any atom is -0.295 e. The second-order valence-electron chi connectivity index (χ2n) is 6.62. The first-order valence-electron chi connectivity index (χ1n) is 7.56. The van der Waals surface area contributed by atoms with Crippen LogP contribution in [0, 0.1) is 17.3 Å².